The number of benzene rings is 1. The second kappa shape index (κ2) is 4.21. The maximum Gasteiger partial charge on any atom is 0.0237 e. The minimum atomic E-state index is 0.633. The second-order valence-electron chi connectivity index (χ2n) is 2.33. The van der Waals surface area contributed by atoms with Crippen LogP contribution in [0, 0.1) is 0 Å². The van der Waals surface area contributed by atoms with E-state index in [1.807, 2.05) is 30.3 Å². The molecule has 1 rings (SSSR count). The Morgan fingerprint density at radius 1 is 1.27 bits per heavy atom. The Morgan fingerprint density at radius 3 is 2.45 bits per heavy atom. The van der Waals surface area contributed by atoms with Gasteiger partial charge in [-0.3, -0.25) is 0 Å². The van der Waals surface area contributed by atoms with E-state index in [1.165, 1.54) is 0 Å². The van der Waals surface area contributed by atoms with Gasteiger partial charge in [0.25, 0.3) is 0 Å². The highest BCUT2D eigenvalue weighted by Crippen LogP contribution is 2.03. The first kappa shape index (κ1) is 8.37. The van der Waals surface area contributed by atoms with E-state index < -0.39 is 0 Å². The molecule has 1 nitrogen and oxygen atoms in total. The van der Waals surface area contributed by atoms with Crippen LogP contribution in [0.25, 0.3) is 0 Å². The fraction of sp³-hybridized carbons (Fsp3) is 0.222. The van der Waals surface area contributed by atoms with Gasteiger partial charge in [0.1, 0.15) is 0 Å². The average molecular weight is 165 g/mol. The molecule has 2 heteroatoms. The molecule has 0 saturated carbocycles. The predicted octanol–water partition coefficient (Wildman–Crippen LogP) is 1.75. The molecule has 1 aromatic carbocycles. The third-order valence-corrected chi connectivity index (χ3v) is 1.91. The first-order valence-corrected chi connectivity index (χ1v) is 4.03. The lowest BCUT2D eigenvalue weighted by Gasteiger charge is -1.99. The van der Waals surface area contributed by atoms with Gasteiger partial charge in [0.05, 0.1) is 0 Å². The van der Waals surface area contributed by atoms with Crippen LogP contribution in [0.5, 0.6) is 0 Å². The van der Waals surface area contributed by atoms with Gasteiger partial charge in [0.2, 0.25) is 0 Å². The molecule has 0 aromatic heterocycles. The maximum absolute atomic E-state index is 5.38. The van der Waals surface area contributed by atoms with Crippen molar-refractivity contribution in [2.45, 2.75) is 6.42 Å². The van der Waals surface area contributed by atoms with E-state index in [1.54, 1.807) is 0 Å². The molecule has 1 aromatic rings. The van der Waals surface area contributed by atoms with Crippen molar-refractivity contribution in [3.05, 3.63) is 35.9 Å². The van der Waals surface area contributed by atoms with E-state index in [4.69, 9.17) is 18.0 Å². The van der Waals surface area contributed by atoms with Gasteiger partial charge >= 0.3 is 0 Å². The van der Waals surface area contributed by atoms with Crippen LogP contribution in [-0.2, 0) is 0 Å². The van der Waals surface area contributed by atoms with E-state index in [9.17, 15) is 0 Å². The Balaban J connectivity index is 2.69. The van der Waals surface area contributed by atoms with Crippen LogP contribution < -0.4 is 5.73 Å². The lowest BCUT2D eigenvalue weighted by Crippen LogP contribution is -2.06. The normalized spacial score (nSPS) is 9.55. The molecule has 0 aliphatic carbocycles. The Morgan fingerprint density at radius 2 is 1.91 bits per heavy atom. The largest absolute Gasteiger partial charge is 0.330 e. The zero-order chi connectivity index (χ0) is 8.10. The number of hydrogen-bond donors (Lipinski definition) is 1. The fourth-order valence-electron chi connectivity index (χ4n) is 0.899. The smallest absolute Gasteiger partial charge is 0.0237 e. The van der Waals surface area contributed by atoms with E-state index in [2.05, 4.69) is 0 Å². The van der Waals surface area contributed by atoms with Crippen molar-refractivity contribution in [2.75, 3.05) is 6.54 Å². The topological polar surface area (TPSA) is 26.0 Å². The van der Waals surface area contributed by atoms with Gasteiger partial charge in [-0.2, -0.15) is 0 Å². The van der Waals surface area contributed by atoms with Crippen LogP contribution in [0.2, 0.25) is 0 Å². The molecule has 0 bridgehead atoms. The molecule has 2 N–H and O–H groups in total. The third kappa shape index (κ3) is 2.41. The van der Waals surface area contributed by atoms with Crippen molar-refractivity contribution in [2.24, 2.45) is 5.73 Å². The minimum absolute atomic E-state index is 0.633. The van der Waals surface area contributed by atoms with E-state index in [0.29, 0.717) is 6.54 Å². The monoisotopic (exact) mass is 165 g/mol. The zero-order valence-electron chi connectivity index (χ0n) is 6.29. The zero-order valence-corrected chi connectivity index (χ0v) is 7.10. The van der Waals surface area contributed by atoms with Gasteiger partial charge in [-0.05, 0) is 18.5 Å². The first-order valence-electron chi connectivity index (χ1n) is 3.63. The number of rotatable bonds is 3. The van der Waals surface area contributed by atoms with Gasteiger partial charge < -0.3 is 5.73 Å². The quantitative estimate of drug-likeness (QED) is 0.545. The van der Waals surface area contributed by atoms with Crippen molar-refractivity contribution < 1.29 is 0 Å². The molecule has 0 atom stereocenters. The van der Waals surface area contributed by atoms with Crippen molar-refractivity contribution >= 4 is 17.1 Å². The summed E-state index contributed by atoms with van der Waals surface area (Å²) in [6.45, 7) is 0.633. The molecule has 0 radical (unpaired) electrons. The predicted molar refractivity (Wildman–Crippen MR) is 51.8 cm³/mol. The van der Waals surface area contributed by atoms with Gasteiger partial charge in [-0.25, -0.2) is 0 Å². The fourth-order valence-corrected chi connectivity index (χ4v) is 1.15. The van der Waals surface area contributed by atoms with Crippen molar-refractivity contribution in [1.82, 2.24) is 0 Å². The summed E-state index contributed by atoms with van der Waals surface area (Å²) in [5.74, 6) is 0. The van der Waals surface area contributed by atoms with Gasteiger partial charge in [0.15, 0.2) is 0 Å². The standard InChI is InChI=1S/C9H11NS/c10-7-6-9(11)8-4-2-1-3-5-8/h1-5H,6-7,10H2. The molecule has 0 fully saturated rings. The van der Waals surface area contributed by atoms with E-state index in [-0.39, 0.29) is 0 Å². The average Bonchev–Trinajstić information content (AvgIpc) is 2.07. The van der Waals surface area contributed by atoms with Crippen LogP contribution >= 0.6 is 12.2 Å². The van der Waals surface area contributed by atoms with Gasteiger partial charge in [0, 0.05) is 4.86 Å². The summed E-state index contributed by atoms with van der Waals surface area (Å²) < 4.78 is 0. The summed E-state index contributed by atoms with van der Waals surface area (Å²) in [5, 5.41) is 0. The molecule has 0 amide bonds. The van der Waals surface area contributed by atoms with Crippen molar-refractivity contribution in [1.29, 1.82) is 0 Å². The highest BCUT2D eigenvalue weighted by Gasteiger charge is 1.96. The summed E-state index contributed by atoms with van der Waals surface area (Å²) in [4.78, 5) is 0.952. The number of nitrogens with two attached hydrogens (primary N) is 1. The lowest BCUT2D eigenvalue weighted by molar-refractivity contribution is 1.05. The molecule has 58 valence electrons. The third-order valence-electron chi connectivity index (χ3n) is 1.47. The summed E-state index contributed by atoms with van der Waals surface area (Å²) in [7, 11) is 0. The Kier molecular flexibility index (Phi) is 3.20. The van der Waals surface area contributed by atoms with Crippen molar-refractivity contribution in [3.8, 4) is 0 Å². The van der Waals surface area contributed by atoms with Crippen LogP contribution in [0.15, 0.2) is 30.3 Å². The van der Waals surface area contributed by atoms with Crippen LogP contribution in [0.4, 0.5) is 0 Å². The molecular formula is C9H11NS. The highest BCUT2D eigenvalue weighted by molar-refractivity contribution is 7.80. The van der Waals surface area contributed by atoms with E-state index >= 15 is 0 Å². The Bertz CT molecular complexity index is 231. The molecular weight excluding hydrogens is 154 g/mol. The molecule has 0 aliphatic heterocycles. The Hall–Kier alpha value is -0.730. The maximum atomic E-state index is 5.38. The summed E-state index contributed by atoms with van der Waals surface area (Å²) in [6.07, 6.45) is 0.805. The summed E-state index contributed by atoms with van der Waals surface area (Å²) >= 11 is 5.14. The Labute approximate surface area is 72.2 Å². The van der Waals surface area contributed by atoms with Crippen LogP contribution in [0.3, 0.4) is 0 Å². The minimum Gasteiger partial charge on any atom is -0.330 e. The molecule has 0 heterocycles. The summed E-state index contributed by atoms with van der Waals surface area (Å²) in [6, 6.07) is 9.97. The first-order chi connectivity index (χ1) is 5.34. The molecule has 0 saturated heterocycles. The lowest BCUT2D eigenvalue weighted by atomic mass is 10.1. The van der Waals surface area contributed by atoms with Crippen molar-refractivity contribution in [3.63, 3.8) is 0 Å². The number of thiocarbonyl (C=S) groups is 1. The molecule has 0 unspecified atom stereocenters. The molecule has 0 aliphatic rings. The summed E-state index contributed by atoms with van der Waals surface area (Å²) in [5.41, 5.74) is 6.50. The SMILES string of the molecule is NCCC(=S)c1ccccc1. The molecule has 11 heavy (non-hydrogen) atoms. The van der Waals surface area contributed by atoms with Crippen LogP contribution in [-0.4, -0.2) is 11.4 Å². The highest BCUT2D eigenvalue weighted by atomic mass is 32.1. The van der Waals surface area contributed by atoms with E-state index in [0.717, 1.165) is 16.8 Å². The van der Waals surface area contributed by atoms with Gasteiger partial charge in [-0.15, -0.1) is 0 Å². The second-order valence-corrected chi connectivity index (χ2v) is 2.82. The van der Waals surface area contributed by atoms with Gasteiger partial charge in [-0.1, -0.05) is 42.5 Å². The van der Waals surface area contributed by atoms with Crippen LogP contribution in [0.1, 0.15) is 12.0 Å². The molecule has 0 spiro atoms. The number of hydrogen-bond acceptors (Lipinski definition) is 2.